The molecule has 0 radical (unpaired) electrons. The monoisotopic (exact) mass is 889 g/mol. The highest BCUT2D eigenvalue weighted by atomic mass is 16.7. The van der Waals surface area contributed by atoms with Crippen LogP contribution in [0.3, 0.4) is 0 Å². The van der Waals surface area contributed by atoms with Gasteiger partial charge in [0.25, 0.3) is 0 Å². The Bertz CT molecular complexity index is 1210. The maximum Gasteiger partial charge on any atom is 0.306 e. The molecule has 364 valence electrons. The predicted molar refractivity (Wildman–Crippen MR) is 256 cm³/mol. The number of ether oxygens (including phenoxy) is 4. The number of esters is 2. The maximum absolute atomic E-state index is 12.8. The van der Waals surface area contributed by atoms with Crippen molar-refractivity contribution in [2.75, 3.05) is 19.8 Å². The van der Waals surface area contributed by atoms with E-state index in [-0.39, 0.29) is 32.0 Å². The van der Waals surface area contributed by atoms with Crippen LogP contribution in [0.15, 0.2) is 60.8 Å². The van der Waals surface area contributed by atoms with Crippen molar-refractivity contribution >= 4 is 11.9 Å². The van der Waals surface area contributed by atoms with Crippen molar-refractivity contribution in [3.8, 4) is 0 Å². The van der Waals surface area contributed by atoms with E-state index in [4.69, 9.17) is 18.9 Å². The van der Waals surface area contributed by atoms with E-state index in [1.807, 2.05) is 0 Å². The quantitative estimate of drug-likeness (QED) is 0.0265. The largest absolute Gasteiger partial charge is 0.462 e. The van der Waals surface area contributed by atoms with Gasteiger partial charge in [-0.25, -0.2) is 0 Å². The SMILES string of the molecule is CC/C=C/C/C=C/C/C=C/C/C=C/C/C=C/CCCCCC(=O)O[C@@H](COC(=O)CCCCCCCCCCCCCCCCCCCCC)CO[C@H]1O[C@@H](CO)[C@@H](O)C(O)C1O. The highest BCUT2D eigenvalue weighted by Crippen LogP contribution is 2.23. The molecule has 6 atom stereocenters. The molecule has 0 bridgehead atoms. The first-order chi connectivity index (χ1) is 30.8. The van der Waals surface area contributed by atoms with Crippen molar-refractivity contribution in [3.05, 3.63) is 60.8 Å². The molecule has 0 saturated carbocycles. The molecule has 10 heteroatoms. The molecule has 1 aliphatic rings. The van der Waals surface area contributed by atoms with E-state index < -0.39 is 49.4 Å². The maximum atomic E-state index is 12.8. The van der Waals surface area contributed by atoms with Gasteiger partial charge in [-0.15, -0.1) is 0 Å². The minimum absolute atomic E-state index is 0.190. The van der Waals surface area contributed by atoms with Crippen molar-refractivity contribution < 1.29 is 49.0 Å². The van der Waals surface area contributed by atoms with Gasteiger partial charge in [0.2, 0.25) is 0 Å². The number of carbonyl (C=O) groups is 2. The van der Waals surface area contributed by atoms with Crippen LogP contribution >= 0.6 is 0 Å². The van der Waals surface area contributed by atoms with Crippen LogP contribution in [-0.4, -0.2) is 89.0 Å². The second-order valence-electron chi connectivity index (χ2n) is 17.2. The van der Waals surface area contributed by atoms with Crippen molar-refractivity contribution in [2.45, 2.75) is 243 Å². The molecule has 0 aromatic carbocycles. The minimum atomic E-state index is -1.60. The van der Waals surface area contributed by atoms with Gasteiger partial charge in [-0.3, -0.25) is 9.59 Å². The van der Waals surface area contributed by atoms with E-state index in [2.05, 4.69) is 74.6 Å². The first kappa shape index (κ1) is 58.4. The lowest BCUT2D eigenvalue weighted by molar-refractivity contribution is -0.305. The van der Waals surface area contributed by atoms with Gasteiger partial charge in [-0.1, -0.05) is 197 Å². The molecule has 1 rings (SSSR count). The summed E-state index contributed by atoms with van der Waals surface area (Å²) in [7, 11) is 0. The summed E-state index contributed by atoms with van der Waals surface area (Å²) in [5.74, 6) is -0.840. The molecule has 10 nitrogen and oxygen atoms in total. The summed E-state index contributed by atoms with van der Waals surface area (Å²) in [6, 6.07) is 0. The fourth-order valence-electron chi connectivity index (χ4n) is 7.45. The number of rotatable bonds is 42. The molecule has 0 aromatic rings. The Balaban J connectivity index is 2.30. The van der Waals surface area contributed by atoms with E-state index in [1.54, 1.807) is 0 Å². The smallest absolute Gasteiger partial charge is 0.306 e. The van der Waals surface area contributed by atoms with Crippen LogP contribution in [-0.2, 0) is 28.5 Å². The summed E-state index contributed by atoms with van der Waals surface area (Å²) in [5, 5.41) is 40.2. The first-order valence-electron chi connectivity index (χ1n) is 25.4. The van der Waals surface area contributed by atoms with Gasteiger partial charge in [0.05, 0.1) is 13.2 Å². The third-order valence-electron chi connectivity index (χ3n) is 11.4. The van der Waals surface area contributed by atoms with Crippen LogP contribution in [0.4, 0.5) is 0 Å². The molecule has 0 aliphatic carbocycles. The Morgan fingerprint density at radius 2 is 0.937 bits per heavy atom. The van der Waals surface area contributed by atoms with Crippen LogP contribution in [0.5, 0.6) is 0 Å². The van der Waals surface area contributed by atoms with Gasteiger partial charge in [-0.2, -0.15) is 0 Å². The van der Waals surface area contributed by atoms with Crippen molar-refractivity contribution in [1.82, 2.24) is 0 Å². The lowest BCUT2D eigenvalue weighted by atomic mass is 9.99. The van der Waals surface area contributed by atoms with E-state index in [0.717, 1.165) is 70.6 Å². The Hall–Kier alpha value is -2.60. The average Bonchev–Trinajstić information content (AvgIpc) is 3.28. The molecule has 1 saturated heterocycles. The van der Waals surface area contributed by atoms with E-state index in [1.165, 1.54) is 103 Å². The summed E-state index contributed by atoms with van der Waals surface area (Å²) >= 11 is 0. The lowest BCUT2D eigenvalue weighted by Crippen LogP contribution is -2.59. The van der Waals surface area contributed by atoms with Crippen LogP contribution < -0.4 is 0 Å². The van der Waals surface area contributed by atoms with Gasteiger partial charge in [0.1, 0.15) is 31.0 Å². The lowest BCUT2D eigenvalue weighted by Gasteiger charge is -2.39. The van der Waals surface area contributed by atoms with Gasteiger partial charge < -0.3 is 39.4 Å². The van der Waals surface area contributed by atoms with E-state index >= 15 is 0 Å². The second-order valence-corrected chi connectivity index (χ2v) is 17.2. The Labute approximate surface area is 383 Å². The second kappa shape index (κ2) is 43.3. The number of aliphatic hydroxyl groups excluding tert-OH is 4. The summed E-state index contributed by atoms with van der Waals surface area (Å²) in [6.45, 7) is 3.30. The van der Waals surface area contributed by atoms with Crippen LogP contribution in [0.25, 0.3) is 0 Å². The molecule has 1 fully saturated rings. The van der Waals surface area contributed by atoms with Crippen molar-refractivity contribution in [3.63, 3.8) is 0 Å². The molecule has 4 N–H and O–H groups in total. The molecule has 0 aromatic heterocycles. The highest BCUT2D eigenvalue weighted by molar-refractivity contribution is 5.70. The standard InChI is InChI=1S/C53H92O10/c1-3-5-7-9-11-13-15-17-19-21-23-25-27-29-31-33-35-37-39-41-48(55)60-44-46(45-61-53-52(59)51(58)50(57)47(43-54)63-53)62-49(56)42-40-38-36-34-32-30-28-26-24-22-20-18-16-14-12-10-8-6-4-2/h6,8,12,14,18,20,24,26,30,32,46-47,50-54,57-59H,3-5,7,9-11,13,15-17,19,21-23,25,27-29,31,33-45H2,1-2H3/b8-6+,14-12+,20-18+,26-24+,32-30+/t46-,47-,50+,51?,52?,53-/m0/s1. The predicted octanol–water partition coefficient (Wildman–Crippen LogP) is 11.8. The number of aliphatic hydroxyl groups is 4. The third kappa shape index (κ3) is 34.4. The zero-order chi connectivity index (χ0) is 45.9. The summed E-state index contributed by atoms with van der Waals surface area (Å²) in [4.78, 5) is 25.4. The van der Waals surface area contributed by atoms with Gasteiger partial charge in [0, 0.05) is 12.8 Å². The van der Waals surface area contributed by atoms with Crippen LogP contribution in [0.2, 0.25) is 0 Å². The minimum Gasteiger partial charge on any atom is -0.462 e. The molecular weight excluding hydrogens is 797 g/mol. The topological polar surface area (TPSA) is 152 Å². The fourth-order valence-corrected chi connectivity index (χ4v) is 7.45. The van der Waals surface area contributed by atoms with Gasteiger partial charge >= 0.3 is 11.9 Å². The van der Waals surface area contributed by atoms with Gasteiger partial charge in [0.15, 0.2) is 12.4 Å². The zero-order valence-corrected chi connectivity index (χ0v) is 39.8. The van der Waals surface area contributed by atoms with Crippen molar-refractivity contribution in [2.24, 2.45) is 0 Å². The number of carbonyl (C=O) groups excluding carboxylic acids is 2. The van der Waals surface area contributed by atoms with Crippen LogP contribution in [0.1, 0.15) is 206 Å². The molecule has 2 unspecified atom stereocenters. The summed E-state index contributed by atoms with van der Waals surface area (Å²) in [5.41, 5.74) is 0. The molecule has 63 heavy (non-hydrogen) atoms. The van der Waals surface area contributed by atoms with E-state index in [9.17, 15) is 30.0 Å². The number of unbranched alkanes of at least 4 members (excludes halogenated alkanes) is 21. The first-order valence-corrected chi connectivity index (χ1v) is 25.4. The Morgan fingerprint density at radius 3 is 1.41 bits per heavy atom. The van der Waals surface area contributed by atoms with E-state index in [0.29, 0.717) is 6.42 Å². The Kier molecular flexibility index (Phi) is 40.2. The summed E-state index contributed by atoms with van der Waals surface area (Å²) < 4.78 is 22.2. The third-order valence-corrected chi connectivity index (χ3v) is 11.4. The van der Waals surface area contributed by atoms with Crippen LogP contribution in [0, 0.1) is 0 Å². The average molecular weight is 889 g/mol. The number of hydrogen-bond acceptors (Lipinski definition) is 10. The number of hydrogen-bond donors (Lipinski definition) is 4. The number of allylic oxidation sites excluding steroid dienone is 10. The normalized spacial score (nSPS) is 20.0. The van der Waals surface area contributed by atoms with Crippen molar-refractivity contribution in [1.29, 1.82) is 0 Å². The Morgan fingerprint density at radius 1 is 0.508 bits per heavy atom. The van der Waals surface area contributed by atoms with Gasteiger partial charge in [-0.05, 0) is 57.8 Å². The zero-order valence-electron chi connectivity index (χ0n) is 39.8. The molecule has 1 aliphatic heterocycles. The highest BCUT2D eigenvalue weighted by Gasteiger charge is 2.44. The fraction of sp³-hybridized carbons (Fsp3) is 0.774. The molecular formula is C53H92O10. The molecule has 0 spiro atoms. The molecule has 0 amide bonds. The summed E-state index contributed by atoms with van der Waals surface area (Å²) in [6.07, 6.45) is 46.5. The molecule has 1 heterocycles.